The molecule has 2 rings (SSSR count). The molecule has 1 aromatic rings. The Morgan fingerprint density at radius 2 is 2.05 bits per heavy atom. The van der Waals surface area contributed by atoms with Crippen molar-refractivity contribution in [3.8, 4) is 11.8 Å². The number of hydrogen-bond acceptors (Lipinski definition) is 5. The third-order valence-corrected chi connectivity index (χ3v) is 2.82. The van der Waals surface area contributed by atoms with E-state index in [2.05, 4.69) is 11.2 Å². The molecule has 1 fully saturated rings. The van der Waals surface area contributed by atoms with Gasteiger partial charge in [-0.1, -0.05) is 12.1 Å². The number of benzene rings is 1. The van der Waals surface area contributed by atoms with Gasteiger partial charge in [-0.25, -0.2) is 0 Å². The molecular formula is C13H17N2O4S-. The topological polar surface area (TPSA) is 108 Å². The van der Waals surface area contributed by atoms with E-state index >= 15 is 0 Å². The van der Waals surface area contributed by atoms with Gasteiger partial charge in [-0.05, 0) is 30.9 Å². The van der Waals surface area contributed by atoms with Gasteiger partial charge >= 0.3 is 0 Å². The molecule has 0 spiro atoms. The normalized spacial score (nSPS) is 16.4. The van der Waals surface area contributed by atoms with Crippen molar-refractivity contribution >= 4 is 11.3 Å². The molecule has 110 valence electrons. The lowest BCUT2D eigenvalue weighted by Gasteiger charge is -2.22. The van der Waals surface area contributed by atoms with Gasteiger partial charge in [0.05, 0.1) is 12.2 Å². The van der Waals surface area contributed by atoms with E-state index in [0.29, 0.717) is 23.8 Å². The molecule has 7 heteroatoms. The fourth-order valence-electron chi connectivity index (χ4n) is 1.81. The average molecular weight is 297 g/mol. The molecule has 1 aromatic carbocycles. The summed E-state index contributed by atoms with van der Waals surface area (Å²) in [5.74, 6) is 1.25. The minimum absolute atomic E-state index is 0.556. The second-order valence-corrected chi connectivity index (χ2v) is 4.76. The van der Waals surface area contributed by atoms with E-state index in [0.717, 1.165) is 26.1 Å². The van der Waals surface area contributed by atoms with Gasteiger partial charge in [0.1, 0.15) is 11.8 Å². The van der Waals surface area contributed by atoms with Crippen molar-refractivity contribution in [1.29, 1.82) is 5.26 Å². The summed E-state index contributed by atoms with van der Waals surface area (Å²) in [6.45, 7) is 2.34. The highest BCUT2D eigenvalue weighted by Gasteiger charge is 2.14. The zero-order valence-electron chi connectivity index (χ0n) is 11.0. The van der Waals surface area contributed by atoms with Crippen LogP contribution in [0, 0.1) is 17.2 Å². The van der Waals surface area contributed by atoms with Crippen LogP contribution >= 0.6 is 0 Å². The van der Waals surface area contributed by atoms with Crippen LogP contribution in [-0.2, 0) is 16.0 Å². The third kappa shape index (κ3) is 6.63. The second-order valence-electron chi connectivity index (χ2n) is 4.24. The molecule has 6 nitrogen and oxygen atoms in total. The average Bonchev–Trinajstić information content (AvgIpc) is 2.46. The lowest BCUT2D eigenvalue weighted by atomic mass is 10.0. The summed E-state index contributed by atoms with van der Waals surface area (Å²) in [6, 6.07) is 9.49. The van der Waals surface area contributed by atoms with Crippen molar-refractivity contribution in [2.24, 2.45) is 11.1 Å². The lowest BCUT2D eigenvalue weighted by Crippen LogP contribution is -2.21. The fraction of sp³-hybridized carbons (Fsp3) is 0.462. The monoisotopic (exact) mass is 297 g/mol. The first-order chi connectivity index (χ1) is 9.63. The second kappa shape index (κ2) is 9.44. The number of ether oxygens (including phenoxy) is 2. The van der Waals surface area contributed by atoms with Gasteiger partial charge in [0.25, 0.3) is 0 Å². The van der Waals surface area contributed by atoms with E-state index in [1.807, 2.05) is 18.2 Å². The molecule has 2 N–H and O–H groups in total. The standard InChI is InChI=1S/C13H15NO2.H3NO2S/c14-9-12-3-1-2-4-13(12)16-10-11-5-7-15-8-6-11;1-4(2)3/h1-4,11H,5-8,10H2;1H2,(H,2,3)/p-1. The summed E-state index contributed by atoms with van der Waals surface area (Å²) in [6.07, 6.45) is 2.10. The van der Waals surface area contributed by atoms with E-state index in [-0.39, 0.29) is 0 Å². The third-order valence-electron chi connectivity index (χ3n) is 2.82. The number of para-hydroxylation sites is 1. The number of nitrogens with zero attached hydrogens (tertiary/aromatic N) is 1. The van der Waals surface area contributed by atoms with Gasteiger partial charge in [-0.3, -0.25) is 9.35 Å². The van der Waals surface area contributed by atoms with Crippen molar-refractivity contribution in [2.75, 3.05) is 19.8 Å². The Hall–Kier alpha value is -1.46. The van der Waals surface area contributed by atoms with E-state index in [4.69, 9.17) is 23.5 Å². The molecule has 1 heterocycles. The van der Waals surface area contributed by atoms with Crippen LogP contribution in [0.4, 0.5) is 0 Å². The maximum atomic E-state index is 8.91. The Bertz CT molecular complexity index is 466. The summed E-state index contributed by atoms with van der Waals surface area (Å²) < 4.78 is 28.5. The van der Waals surface area contributed by atoms with Crippen LogP contribution in [0.5, 0.6) is 5.75 Å². The first-order valence-corrected chi connectivity index (χ1v) is 7.30. The highest BCUT2D eigenvalue weighted by Crippen LogP contribution is 2.20. The Kier molecular flexibility index (Phi) is 7.84. The van der Waals surface area contributed by atoms with Crippen LogP contribution in [-0.4, -0.2) is 28.6 Å². The molecule has 0 aliphatic carbocycles. The maximum absolute atomic E-state index is 8.91. The molecule has 20 heavy (non-hydrogen) atoms. The molecule has 0 saturated carbocycles. The smallest absolute Gasteiger partial charge is 0.137 e. The first kappa shape index (κ1) is 16.6. The highest BCUT2D eigenvalue weighted by molar-refractivity contribution is 7.76. The predicted molar refractivity (Wildman–Crippen MR) is 73.3 cm³/mol. The van der Waals surface area contributed by atoms with E-state index in [1.165, 1.54) is 0 Å². The zero-order valence-corrected chi connectivity index (χ0v) is 11.8. The molecule has 0 amide bonds. The van der Waals surface area contributed by atoms with Crippen LogP contribution in [0.3, 0.4) is 0 Å². The van der Waals surface area contributed by atoms with Crippen molar-refractivity contribution in [1.82, 2.24) is 0 Å². The molecule has 1 aliphatic rings. The Balaban J connectivity index is 0.000000444. The first-order valence-electron chi connectivity index (χ1n) is 6.16. The highest BCUT2D eigenvalue weighted by atomic mass is 32.2. The lowest BCUT2D eigenvalue weighted by molar-refractivity contribution is 0.0497. The van der Waals surface area contributed by atoms with Crippen molar-refractivity contribution < 1.29 is 18.2 Å². The molecule has 0 bridgehead atoms. The molecule has 1 atom stereocenters. The van der Waals surface area contributed by atoms with E-state index < -0.39 is 11.3 Å². The molecule has 1 aliphatic heterocycles. The van der Waals surface area contributed by atoms with Crippen LogP contribution < -0.4 is 9.88 Å². The van der Waals surface area contributed by atoms with Gasteiger partial charge in [0.15, 0.2) is 0 Å². The van der Waals surface area contributed by atoms with Crippen LogP contribution in [0.25, 0.3) is 0 Å². The summed E-state index contributed by atoms with van der Waals surface area (Å²) in [4.78, 5) is 0. The molecule has 0 radical (unpaired) electrons. The fourth-order valence-corrected chi connectivity index (χ4v) is 1.81. The Morgan fingerprint density at radius 1 is 1.45 bits per heavy atom. The maximum Gasteiger partial charge on any atom is 0.137 e. The summed E-state index contributed by atoms with van der Waals surface area (Å²) >= 11 is -2.36. The summed E-state index contributed by atoms with van der Waals surface area (Å²) in [5.41, 5.74) is 0.606. The number of rotatable bonds is 3. The van der Waals surface area contributed by atoms with Gasteiger partial charge < -0.3 is 14.0 Å². The van der Waals surface area contributed by atoms with Crippen LogP contribution in [0.1, 0.15) is 18.4 Å². The van der Waals surface area contributed by atoms with E-state index in [9.17, 15) is 0 Å². The van der Waals surface area contributed by atoms with Gasteiger partial charge in [0.2, 0.25) is 0 Å². The SMILES string of the molecule is N#Cc1ccccc1OCC1CCOCC1.NS(=O)[O-]. The number of nitriles is 1. The largest absolute Gasteiger partial charge is 0.760 e. The Morgan fingerprint density at radius 3 is 2.65 bits per heavy atom. The van der Waals surface area contributed by atoms with Crippen LogP contribution in [0.2, 0.25) is 0 Å². The molecule has 0 aromatic heterocycles. The quantitative estimate of drug-likeness (QED) is 0.840. The van der Waals surface area contributed by atoms with E-state index in [1.54, 1.807) is 6.07 Å². The number of nitrogens with two attached hydrogens (primary N) is 1. The Labute approximate surface area is 120 Å². The molecule has 1 unspecified atom stereocenters. The van der Waals surface area contributed by atoms with Crippen molar-refractivity contribution in [3.05, 3.63) is 29.8 Å². The van der Waals surface area contributed by atoms with Gasteiger partial charge in [-0.2, -0.15) is 5.26 Å². The van der Waals surface area contributed by atoms with Crippen LogP contribution in [0.15, 0.2) is 24.3 Å². The summed E-state index contributed by atoms with van der Waals surface area (Å²) in [7, 11) is 0. The van der Waals surface area contributed by atoms with Gasteiger partial charge in [-0.15, -0.1) is 0 Å². The number of hydrogen-bond donors (Lipinski definition) is 1. The predicted octanol–water partition coefficient (Wildman–Crippen LogP) is 1.10. The van der Waals surface area contributed by atoms with Crippen molar-refractivity contribution in [2.45, 2.75) is 12.8 Å². The summed E-state index contributed by atoms with van der Waals surface area (Å²) in [5, 5.41) is 12.9. The minimum atomic E-state index is -2.36. The zero-order chi connectivity index (χ0) is 14.8. The van der Waals surface area contributed by atoms with Crippen molar-refractivity contribution in [3.63, 3.8) is 0 Å². The minimum Gasteiger partial charge on any atom is -0.760 e. The van der Waals surface area contributed by atoms with Gasteiger partial charge in [0, 0.05) is 24.5 Å². The molecular weight excluding hydrogens is 280 g/mol. The molecule has 1 saturated heterocycles.